The average Bonchev–Trinajstić information content (AvgIpc) is 2.56. The molecule has 1 aromatic heterocycles. The third kappa shape index (κ3) is 2.31. The van der Waals surface area contributed by atoms with Crippen LogP contribution in [0.15, 0.2) is 41.2 Å². The normalized spacial score (nSPS) is 11.0. The molecule has 0 aliphatic carbocycles. The first-order valence-electron chi connectivity index (χ1n) is 7.19. The number of fused-ring (bicyclic) bond motifs is 2. The zero-order chi connectivity index (χ0) is 16.6. The van der Waals surface area contributed by atoms with Gasteiger partial charge in [-0.15, -0.1) is 0 Å². The second-order valence-electron chi connectivity index (χ2n) is 5.23. The van der Waals surface area contributed by atoms with E-state index in [9.17, 15) is 14.9 Å². The summed E-state index contributed by atoms with van der Waals surface area (Å²) in [6, 6.07) is 10.1. The molecule has 0 spiro atoms. The summed E-state index contributed by atoms with van der Waals surface area (Å²) < 4.78 is 1.80. The first-order valence-corrected chi connectivity index (χ1v) is 7.19. The van der Waals surface area contributed by atoms with E-state index in [2.05, 4.69) is 5.32 Å². The summed E-state index contributed by atoms with van der Waals surface area (Å²) in [5.74, 6) is 0. The monoisotopic (exact) mass is 312 g/mol. The van der Waals surface area contributed by atoms with Crippen LogP contribution in [-0.4, -0.2) is 22.6 Å². The Hall–Kier alpha value is -2.93. The fourth-order valence-electron chi connectivity index (χ4n) is 2.87. The van der Waals surface area contributed by atoms with Crippen LogP contribution in [0.1, 0.15) is 0 Å². The van der Waals surface area contributed by atoms with Gasteiger partial charge in [-0.2, -0.15) is 0 Å². The lowest BCUT2D eigenvalue weighted by molar-refractivity contribution is -0.383. The number of aryl methyl sites for hydroxylation is 1. The molecule has 118 valence electrons. The number of hydrogen-bond acceptors (Lipinski definition) is 5. The van der Waals surface area contributed by atoms with Crippen LogP contribution >= 0.6 is 0 Å². The minimum absolute atomic E-state index is 0.109. The van der Waals surface area contributed by atoms with Gasteiger partial charge in [-0.25, -0.2) is 0 Å². The molecule has 0 unspecified atom stereocenters. The highest BCUT2D eigenvalue weighted by Crippen LogP contribution is 2.31. The van der Waals surface area contributed by atoms with Gasteiger partial charge in [0.15, 0.2) is 0 Å². The Morgan fingerprint density at radius 1 is 1.26 bits per heavy atom. The number of aromatic nitrogens is 1. The summed E-state index contributed by atoms with van der Waals surface area (Å²) in [6.07, 6.45) is 0. The number of nitro benzene ring substituents is 1. The molecule has 0 saturated carbocycles. The number of nitrogens with one attached hydrogen (secondary N) is 1. The molecule has 0 amide bonds. The molecule has 3 aromatic rings. The van der Waals surface area contributed by atoms with Gasteiger partial charge in [0.05, 0.1) is 21.6 Å². The Bertz CT molecular complexity index is 978. The van der Waals surface area contributed by atoms with E-state index in [0.29, 0.717) is 29.7 Å². The third-order valence-electron chi connectivity index (χ3n) is 3.88. The Morgan fingerprint density at radius 2 is 2.00 bits per heavy atom. The number of benzene rings is 2. The highest BCUT2D eigenvalue weighted by atomic mass is 16.6. The number of hydrogen-bond donors (Lipinski definition) is 2. The third-order valence-corrected chi connectivity index (χ3v) is 3.88. The summed E-state index contributed by atoms with van der Waals surface area (Å²) in [4.78, 5) is 23.7. The Kier molecular flexibility index (Phi) is 3.71. The van der Waals surface area contributed by atoms with Crippen molar-refractivity contribution in [3.8, 4) is 0 Å². The van der Waals surface area contributed by atoms with Gasteiger partial charge in [-0.05, 0) is 18.2 Å². The van der Waals surface area contributed by atoms with Crippen molar-refractivity contribution in [2.45, 2.75) is 0 Å². The minimum Gasteiger partial charge on any atom is -0.382 e. The molecule has 0 bridgehead atoms. The van der Waals surface area contributed by atoms with Gasteiger partial charge in [-0.1, -0.05) is 12.1 Å². The number of nitrogens with zero attached hydrogens (tertiary/aromatic N) is 2. The molecule has 7 nitrogen and oxygen atoms in total. The molecule has 0 radical (unpaired) electrons. The van der Waals surface area contributed by atoms with E-state index in [0.717, 1.165) is 5.52 Å². The number of para-hydroxylation sites is 1. The van der Waals surface area contributed by atoms with Gasteiger partial charge in [0.2, 0.25) is 5.43 Å². The number of anilines is 1. The van der Waals surface area contributed by atoms with E-state index < -0.39 is 4.92 Å². The lowest BCUT2D eigenvalue weighted by Gasteiger charge is -2.15. The van der Waals surface area contributed by atoms with Gasteiger partial charge < -0.3 is 15.6 Å². The van der Waals surface area contributed by atoms with Crippen molar-refractivity contribution in [1.29, 1.82) is 0 Å². The van der Waals surface area contributed by atoms with E-state index in [1.165, 1.54) is 6.07 Å². The van der Waals surface area contributed by atoms with Gasteiger partial charge >= 0.3 is 0 Å². The fraction of sp³-hybridized carbons (Fsp3) is 0.188. The number of rotatable bonds is 4. The van der Waals surface area contributed by atoms with Crippen molar-refractivity contribution in [2.24, 2.45) is 12.8 Å². The molecule has 0 aliphatic rings. The van der Waals surface area contributed by atoms with Crippen LogP contribution in [0.4, 0.5) is 11.4 Å². The standard InChI is InChI=1S/C16H16N4O3/c1-19-12-5-3-2-4-10(12)16(21)14-13(20(22)23)7-6-11(15(14)19)18-9-8-17/h2-7,18H,8-9,17H2,1H3. The van der Waals surface area contributed by atoms with Crippen molar-refractivity contribution >= 4 is 33.2 Å². The van der Waals surface area contributed by atoms with Crippen molar-refractivity contribution in [3.63, 3.8) is 0 Å². The highest BCUT2D eigenvalue weighted by Gasteiger charge is 2.21. The molecule has 3 rings (SSSR count). The molecule has 0 atom stereocenters. The molecule has 2 aromatic carbocycles. The zero-order valence-electron chi connectivity index (χ0n) is 12.6. The Labute approximate surface area is 131 Å². The SMILES string of the molecule is Cn1c2ccccc2c(=O)c2c([N+](=O)[O-])ccc(NCCN)c21. The van der Waals surface area contributed by atoms with E-state index in [-0.39, 0.29) is 16.5 Å². The first kappa shape index (κ1) is 15.0. The maximum atomic E-state index is 12.8. The minimum atomic E-state index is -0.523. The second kappa shape index (κ2) is 5.69. The molecule has 0 fully saturated rings. The smallest absolute Gasteiger partial charge is 0.282 e. The van der Waals surface area contributed by atoms with Crippen LogP contribution < -0.4 is 16.5 Å². The average molecular weight is 312 g/mol. The van der Waals surface area contributed by atoms with Crippen molar-refractivity contribution < 1.29 is 4.92 Å². The van der Waals surface area contributed by atoms with Crippen LogP contribution in [-0.2, 0) is 7.05 Å². The van der Waals surface area contributed by atoms with Crippen LogP contribution in [0.3, 0.4) is 0 Å². The summed E-state index contributed by atoms with van der Waals surface area (Å²) in [6.45, 7) is 0.925. The quantitative estimate of drug-likeness (QED) is 0.435. The number of nitrogens with two attached hydrogens (primary N) is 1. The second-order valence-corrected chi connectivity index (χ2v) is 5.23. The zero-order valence-corrected chi connectivity index (χ0v) is 12.6. The molecular weight excluding hydrogens is 296 g/mol. The van der Waals surface area contributed by atoms with Crippen LogP contribution in [0, 0.1) is 10.1 Å². The number of nitro groups is 1. The molecule has 7 heteroatoms. The maximum absolute atomic E-state index is 12.8. The molecule has 23 heavy (non-hydrogen) atoms. The fourth-order valence-corrected chi connectivity index (χ4v) is 2.87. The molecule has 0 saturated heterocycles. The van der Waals surface area contributed by atoms with Gasteiger partial charge in [0, 0.05) is 31.6 Å². The van der Waals surface area contributed by atoms with Gasteiger partial charge in [0.1, 0.15) is 5.39 Å². The summed E-state index contributed by atoms with van der Waals surface area (Å²) in [7, 11) is 1.79. The topological polar surface area (TPSA) is 103 Å². The lowest BCUT2D eigenvalue weighted by Crippen LogP contribution is -2.16. The summed E-state index contributed by atoms with van der Waals surface area (Å²) >= 11 is 0. The largest absolute Gasteiger partial charge is 0.382 e. The highest BCUT2D eigenvalue weighted by molar-refractivity contribution is 6.03. The van der Waals surface area contributed by atoms with Crippen molar-refractivity contribution in [1.82, 2.24) is 4.57 Å². The molecule has 3 N–H and O–H groups in total. The predicted molar refractivity (Wildman–Crippen MR) is 90.9 cm³/mol. The van der Waals surface area contributed by atoms with Crippen LogP contribution in [0.5, 0.6) is 0 Å². The van der Waals surface area contributed by atoms with E-state index in [1.807, 2.05) is 12.1 Å². The summed E-state index contributed by atoms with van der Waals surface area (Å²) in [5, 5.41) is 15.1. The summed E-state index contributed by atoms with van der Waals surface area (Å²) in [5.41, 5.74) is 6.88. The van der Waals surface area contributed by atoms with E-state index in [1.54, 1.807) is 29.8 Å². The molecule has 0 aliphatic heterocycles. The first-order chi connectivity index (χ1) is 11.1. The van der Waals surface area contributed by atoms with Crippen molar-refractivity contribution in [2.75, 3.05) is 18.4 Å². The van der Waals surface area contributed by atoms with Crippen molar-refractivity contribution in [3.05, 3.63) is 56.7 Å². The number of non-ortho nitro benzene ring substituents is 1. The number of pyridine rings is 1. The Morgan fingerprint density at radius 3 is 2.70 bits per heavy atom. The molecule has 1 heterocycles. The van der Waals surface area contributed by atoms with Gasteiger partial charge in [0.25, 0.3) is 5.69 Å². The Balaban J connectivity index is 2.53. The van der Waals surface area contributed by atoms with Crippen LogP contribution in [0.2, 0.25) is 0 Å². The van der Waals surface area contributed by atoms with E-state index >= 15 is 0 Å². The van der Waals surface area contributed by atoms with Gasteiger partial charge in [-0.3, -0.25) is 14.9 Å². The lowest BCUT2D eigenvalue weighted by atomic mass is 10.1. The van der Waals surface area contributed by atoms with Crippen LogP contribution in [0.25, 0.3) is 21.8 Å². The molecular formula is C16H16N4O3. The van der Waals surface area contributed by atoms with E-state index in [4.69, 9.17) is 5.73 Å². The predicted octanol–water partition coefficient (Wildman–Crippen LogP) is 1.97. The maximum Gasteiger partial charge on any atom is 0.282 e.